The third-order valence-corrected chi connectivity index (χ3v) is 4.91. The summed E-state index contributed by atoms with van der Waals surface area (Å²) in [5.41, 5.74) is 7.17. The third kappa shape index (κ3) is 5.84. The van der Waals surface area contributed by atoms with Gasteiger partial charge in [-0.3, -0.25) is 19.1 Å². The zero-order valence-electron chi connectivity index (χ0n) is 18.2. The van der Waals surface area contributed by atoms with Gasteiger partial charge in [0.25, 0.3) is 5.91 Å². The van der Waals surface area contributed by atoms with Crippen molar-refractivity contribution in [3.05, 3.63) is 47.8 Å². The van der Waals surface area contributed by atoms with Crippen LogP contribution in [0.15, 0.2) is 41.7 Å². The minimum atomic E-state index is -0.597. The number of aryl methyl sites for hydroxylation is 1. The molecule has 1 aromatic carbocycles. The fourth-order valence-corrected chi connectivity index (χ4v) is 3.30. The number of aromatic nitrogens is 2. The van der Waals surface area contributed by atoms with E-state index in [0.29, 0.717) is 37.7 Å². The number of hydrogen-bond donors (Lipinski definition) is 3. The lowest BCUT2D eigenvalue weighted by atomic mass is 10.1. The molecule has 0 spiro atoms. The highest BCUT2D eigenvalue weighted by Gasteiger charge is 2.27. The molecule has 11 heteroatoms. The van der Waals surface area contributed by atoms with Gasteiger partial charge in [-0.1, -0.05) is 12.1 Å². The molecule has 0 saturated carbocycles. The van der Waals surface area contributed by atoms with Gasteiger partial charge in [-0.25, -0.2) is 4.99 Å². The first-order chi connectivity index (χ1) is 15.4. The Labute approximate surface area is 186 Å². The average Bonchev–Trinajstić information content (AvgIpc) is 3.21. The Kier molecular flexibility index (Phi) is 7.42. The molecule has 3 rings (SSSR count). The number of rotatable bonds is 7. The largest absolute Gasteiger partial charge is 0.368 e. The van der Waals surface area contributed by atoms with Gasteiger partial charge in [0.05, 0.1) is 25.0 Å². The molecule has 1 aliphatic heterocycles. The lowest BCUT2D eigenvalue weighted by Gasteiger charge is -2.35. The fraction of sp³-hybridized carbons (Fsp3) is 0.381. The second kappa shape index (κ2) is 10.4. The van der Waals surface area contributed by atoms with Crippen molar-refractivity contribution < 1.29 is 14.4 Å². The number of piperazine rings is 1. The minimum absolute atomic E-state index is 0.0128. The van der Waals surface area contributed by atoms with E-state index in [-0.39, 0.29) is 24.9 Å². The van der Waals surface area contributed by atoms with Crippen LogP contribution in [0, 0.1) is 0 Å². The van der Waals surface area contributed by atoms with Crippen molar-refractivity contribution in [2.75, 3.05) is 37.6 Å². The number of primary amides is 1. The standard InChI is InChI=1S/C21H28N8O3/c1-3-23-21(28-8-9-29(19(31)14-28)17-11-26-27(2)13-17)25-10-15-4-6-16(7-5-15)20(32)24-12-18(22)30/h4-7,11,13H,3,8-10,12,14H2,1-2H3,(H2,22,30)(H,23,25)(H,24,32). The van der Waals surface area contributed by atoms with Crippen LogP contribution in [0.5, 0.6) is 0 Å². The smallest absolute Gasteiger partial charge is 0.251 e. The molecule has 1 aliphatic rings. The van der Waals surface area contributed by atoms with Crippen molar-refractivity contribution in [2.24, 2.45) is 17.8 Å². The summed E-state index contributed by atoms with van der Waals surface area (Å²) < 4.78 is 1.67. The Hall–Kier alpha value is -3.89. The Balaban J connectivity index is 1.62. The van der Waals surface area contributed by atoms with Gasteiger partial charge in [-0.15, -0.1) is 0 Å². The van der Waals surface area contributed by atoms with Crippen LogP contribution in [-0.2, 0) is 23.2 Å². The van der Waals surface area contributed by atoms with Gasteiger partial charge in [0.15, 0.2) is 5.96 Å². The van der Waals surface area contributed by atoms with Gasteiger partial charge in [0.1, 0.15) is 6.54 Å². The highest BCUT2D eigenvalue weighted by atomic mass is 16.2. The molecule has 170 valence electrons. The summed E-state index contributed by atoms with van der Waals surface area (Å²) in [6, 6.07) is 6.95. The molecule has 0 radical (unpaired) electrons. The zero-order chi connectivity index (χ0) is 23.1. The third-order valence-electron chi connectivity index (χ3n) is 4.91. The summed E-state index contributed by atoms with van der Waals surface area (Å²) in [6.07, 6.45) is 3.51. The predicted molar refractivity (Wildman–Crippen MR) is 120 cm³/mol. The lowest BCUT2D eigenvalue weighted by Crippen LogP contribution is -2.55. The molecule has 0 unspecified atom stereocenters. The van der Waals surface area contributed by atoms with E-state index in [4.69, 9.17) is 5.73 Å². The normalized spacial score (nSPS) is 14.4. The van der Waals surface area contributed by atoms with E-state index in [0.717, 1.165) is 11.3 Å². The number of hydrogen-bond acceptors (Lipinski definition) is 5. The van der Waals surface area contributed by atoms with E-state index in [2.05, 4.69) is 20.7 Å². The zero-order valence-corrected chi connectivity index (χ0v) is 18.2. The van der Waals surface area contributed by atoms with Crippen molar-refractivity contribution in [2.45, 2.75) is 13.5 Å². The molecule has 3 amide bonds. The van der Waals surface area contributed by atoms with Crippen molar-refractivity contribution in [3.8, 4) is 0 Å². The summed E-state index contributed by atoms with van der Waals surface area (Å²) in [4.78, 5) is 43.8. The summed E-state index contributed by atoms with van der Waals surface area (Å²) in [5.74, 6) is -0.312. The Morgan fingerprint density at radius 1 is 1.19 bits per heavy atom. The van der Waals surface area contributed by atoms with Gasteiger partial charge < -0.3 is 26.2 Å². The van der Waals surface area contributed by atoms with Crippen molar-refractivity contribution in [3.63, 3.8) is 0 Å². The minimum Gasteiger partial charge on any atom is -0.368 e. The molecular weight excluding hydrogens is 412 g/mol. The van der Waals surface area contributed by atoms with Crippen LogP contribution >= 0.6 is 0 Å². The van der Waals surface area contributed by atoms with E-state index in [1.807, 2.05) is 25.1 Å². The molecule has 2 aromatic rings. The number of benzene rings is 1. The number of aliphatic imine (C=N–C) groups is 1. The van der Waals surface area contributed by atoms with E-state index in [9.17, 15) is 14.4 Å². The van der Waals surface area contributed by atoms with Gasteiger partial charge in [0.2, 0.25) is 11.8 Å². The number of carbonyl (C=O) groups is 3. The highest BCUT2D eigenvalue weighted by Crippen LogP contribution is 2.16. The molecule has 2 heterocycles. The van der Waals surface area contributed by atoms with Crippen LogP contribution in [0.25, 0.3) is 0 Å². The topological polar surface area (TPSA) is 138 Å². The van der Waals surface area contributed by atoms with E-state index >= 15 is 0 Å². The van der Waals surface area contributed by atoms with Crippen molar-refractivity contribution >= 4 is 29.4 Å². The van der Waals surface area contributed by atoms with Crippen LogP contribution in [0.3, 0.4) is 0 Å². The Morgan fingerprint density at radius 2 is 1.94 bits per heavy atom. The van der Waals surface area contributed by atoms with E-state index in [1.165, 1.54) is 0 Å². The van der Waals surface area contributed by atoms with Gasteiger partial charge in [0, 0.05) is 38.4 Å². The van der Waals surface area contributed by atoms with Crippen molar-refractivity contribution in [1.29, 1.82) is 0 Å². The van der Waals surface area contributed by atoms with Gasteiger partial charge in [-0.05, 0) is 24.6 Å². The molecule has 32 heavy (non-hydrogen) atoms. The number of anilines is 1. The average molecular weight is 441 g/mol. The summed E-state index contributed by atoms with van der Waals surface area (Å²) in [5, 5.41) is 9.82. The molecule has 0 aliphatic carbocycles. The maximum absolute atomic E-state index is 12.7. The molecule has 0 bridgehead atoms. The molecule has 4 N–H and O–H groups in total. The van der Waals surface area contributed by atoms with E-state index < -0.39 is 5.91 Å². The maximum Gasteiger partial charge on any atom is 0.251 e. The lowest BCUT2D eigenvalue weighted by molar-refractivity contribution is -0.120. The second-order valence-corrected chi connectivity index (χ2v) is 7.36. The summed E-state index contributed by atoms with van der Waals surface area (Å²) in [6.45, 7) is 4.25. The van der Waals surface area contributed by atoms with Crippen LogP contribution in [-0.4, -0.2) is 71.1 Å². The number of carbonyl (C=O) groups excluding carboxylic acids is 3. The first kappa shape index (κ1) is 22.8. The number of nitrogens with zero attached hydrogens (tertiary/aromatic N) is 5. The molecule has 1 aromatic heterocycles. The van der Waals surface area contributed by atoms with Crippen LogP contribution < -0.4 is 21.3 Å². The number of nitrogens with one attached hydrogen (secondary N) is 2. The number of amides is 3. The molecule has 1 saturated heterocycles. The van der Waals surface area contributed by atoms with E-state index in [1.54, 1.807) is 40.0 Å². The second-order valence-electron chi connectivity index (χ2n) is 7.36. The quantitative estimate of drug-likeness (QED) is 0.390. The first-order valence-electron chi connectivity index (χ1n) is 10.3. The van der Waals surface area contributed by atoms with Crippen LogP contribution in [0.2, 0.25) is 0 Å². The van der Waals surface area contributed by atoms with Crippen LogP contribution in [0.4, 0.5) is 5.69 Å². The molecule has 1 fully saturated rings. The Bertz CT molecular complexity index is 999. The Morgan fingerprint density at radius 3 is 2.53 bits per heavy atom. The molecule has 0 atom stereocenters. The maximum atomic E-state index is 12.7. The van der Waals surface area contributed by atoms with Gasteiger partial charge in [-0.2, -0.15) is 5.10 Å². The SMILES string of the molecule is CCNC(=NCc1ccc(C(=O)NCC(N)=O)cc1)N1CCN(c2cnn(C)c2)C(=O)C1. The monoisotopic (exact) mass is 440 g/mol. The fourth-order valence-electron chi connectivity index (χ4n) is 3.30. The first-order valence-corrected chi connectivity index (χ1v) is 10.3. The molecular formula is C21H28N8O3. The number of guanidine groups is 1. The van der Waals surface area contributed by atoms with Crippen LogP contribution in [0.1, 0.15) is 22.8 Å². The predicted octanol–water partition coefficient (Wildman–Crippen LogP) is -0.550. The summed E-state index contributed by atoms with van der Waals surface area (Å²) in [7, 11) is 1.82. The number of nitrogens with two attached hydrogens (primary N) is 1. The highest BCUT2D eigenvalue weighted by molar-refractivity contribution is 5.98. The van der Waals surface area contributed by atoms with Crippen molar-refractivity contribution in [1.82, 2.24) is 25.3 Å². The van der Waals surface area contributed by atoms with Gasteiger partial charge >= 0.3 is 0 Å². The molecule has 11 nitrogen and oxygen atoms in total. The summed E-state index contributed by atoms with van der Waals surface area (Å²) >= 11 is 0.